The first-order valence-corrected chi connectivity index (χ1v) is 6.33. The van der Waals surface area contributed by atoms with Crippen molar-refractivity contribution in [3.05, 3.63) is 35.6 Å². The van der Waals surface area contributed by atoms with Crippen molar-refractivity contribution in [1.29, 1.82) is 0 Å². The second kappa shape index (κ2) is 3.88. The molecule has 2 nitrogen and oxygen atoms in total. The lowest BCUT2D eigenvalue weighted by Gasteiger charge is -2.14. The van der Waals surface area contributed by atoms with Gasteiger partial charge in [0.1, 0.15) is 11.3 Å². The second-order valence-electron chi connectivity index (χ2n) is 5.30. The minimum absolute atomic E-state index is 0.171. The molecule has 1 N–H and O–H groups in total. The highest BCUT2D eigenvalue weighted by atomic mass is 16.3. The molecule has 3 rings (SSSR count). The van der Waals surface area contributed by atoms with Crippen LogP contribution in [0.1, 0.15) is 37.0 Å². The quantitative estimate of drug-likeness (QED) is 0.811. The fourth-order valence-electron chi connectivity index (χ4n) is 2.91. The third-order valence-corrected chi connectivity index (χ3v) is 4.07. The third-order valence-electron chi connectivity index (χ3n) is 4.07. The van der Waals surface area contributed by atoms with Crippen LogP contribution < -0.4 is 0 Å². The maximum atomic E-state index is 9.81. The fourth-order valence-corrected chi connectivity index (χ4v) is 2.91. The average Bonchev–Trinajstić information content (AvgIpc) is 2.83. The summed E-state index contributed by atoms with van der Waals surface area (Å²) in [7, 11) is 0. The Kier molecular flexibility index (Phi) is 2.48. The van der Waals surface area contributed by atoms with E-state index in [1.54, 1.807) is 0 Å². The molecular weight excluding hydrogens is 212 g/mol. The molecule has 1 saturated carbocycles. The standard InChI is InChI=1S/C15H18O2/c1-9-3-6-14-11(7-9)8-15(17-14)12-4-5-13(16)10(12)2/h3,6-8,10,12-13,16H,4-5H2,1-2H3. The van der Waals surface area contributed by atoms with Crippen LogP contribution in [0.4, 0.5) is 0 Å². The number of rotatable bonds is 1. The highest BCUT2D eigenvalue weighted by Gasteiger charge is 2.34. The molecule has 3 atom stereocenters. The van der Waals surface area contributed by atoms with Crippen molar-refractivity contribution < 1.29 is 9.52 Å². The number of hydrogen-bond acceptors (Lipinski definition) is 2. The van der Waals surface area contributed by atoms with Gasteiger partial charge in [-0.3, -0.25) is 0 Å². The summed E-state index contributed by atoms with van der Waals surface area (Å²) in [6.07, 6.45) is 1.75. The highest BCUT2D eigenvalue weighted by molar-refractivity contribution is 5.78. The normalized spacial score (nSPS) is 29.0. The monoisotopic (exact) mass is 230 g/mol. The number of furan rings is 1. The van der Waals surface area contributed by atoms with Crippen LogP contribution in [0.5, 0.6) is 0 Å². The Morgan fingerprint density at radius 2 is 2.06 bits per heavy atom. The van der Waals surface area contributed by atoms with Crippen molar-refractivity contribution in [2.45, 2.75) is 38.7 Å². The van der Waals surface area contributed by atoms with Crippen LogP contribution in [0.2, 0.25) is 0 Å². The van der Waals surface area contributed by atoms with E-state index in [4.69, 9.17) is 4.42 Å². The van der Waals surface area contributed by atoms with E-state index < -0.39 is 0 Å². The molecule has 1 fully saturated rings. The smallest absolute Gasteiger partial charge is 0.134 e. The molecule has 90 valence electrons. The Hall–Kier alpha value is -1.28. The topological polar surface area (TPSA) is 33.4 Å². The summed E-state index contributed by atoms with van der Waals surface area (Å²) in [6, 6.07) is 8.40. The van der Waals surface area contributed by atoms with Crippen LogP contribution in [-0.4, -0.2) is 11.2 Å². The first kappa shape index (κ1) is 10.8. The zero-order valence-electron chi connectivity index (χ0n) is 10.3. The number of aryl methyl sites for hydroxylation is 1. The Morgan fingerprint density at radius 1 is 1.24 bits per heavy atom. The van der Waals surface area contributed by atoms with Crippen molar-refractivity contribution in [1.82, 2.24) is 0 Å². The number of fused-ring (bicyclic) bond motifs is 1. The Morgan fingerprint density at radius 3 is 2.76 bits per heavy atom. The summed E-state index contributed by atoms with van der Waals surface area (Å²) in [5.41, 5.74) is 2.21. The molecule has 1 aromatic carbocycles. The van der Waals surface area contributed by atoms with Gasteiger partial charge in [-0.05, 0) is 43.9 Å². The van der Waals surface area contributed by atoms with Gasteiger partial charge in [-0.1, -0.05) is 18.6 Å². The van der Waals surface area contributed by atoms with Gasteiger partial charge < -0.3 is 9.52 Å². The number of hydrogen-bond donors (Lipinski definition) is 1. The second-order valence-corrected chi connectivity index (χ2v) is 5.30. The number of aliphatic hydroxyl groups excluding tert-OH is 1. The van der Waals surface area contributed by atoms with E-state index in [0.29, 0.717) is 11.8 Å². The van der Waals surface area contributed by atoms with E-state index in [2.05, 4.69) is 32.0 Å². The van der Waals surface area contributed by atoms with Crippen LogP contribution in [0.15, 0.2) is 28.7 Å². The van der Waals surface area contributed by atoms with Gasteiger partial charge in [0, 0.05) is 11.3 Å². The molecule has 2 aromatic rings. The van der Waals surface area contributed by atoms with Crippen LogP contribution >= 0.6 is 0 Å². The largest absolute Gasteiger partial charge is 0.461 e. The van der Waals surface area contributed by atoms with E-state index in [1.807, 2.05) is 6.07 Å². The summed E-state index contributed by atoms with van der Waals surface area (Å²) in [5, 5.41) is 11.0. The van der Waals surface area contributed by atoms with Gasteiger partial charge >= 0.3 is 0 Å². The fraction of sp³-hybridized carbons (Fsp3) is 0.467. The molecule has 1 aliphatic carbocycles. The lowest BCUT2D eigenvalue weighted by Crippen LogP contribution is -2.13. The molecule has 0 spiro atoms. The average molecular weight is 230 g/mol. The first-order valence-electron chi connectivity index (χ1n) is 6.33. The Bertz CT molecular complexity index is 541. The van der Waals surface area contributed by atoms with Gasteiger partial charge in [-0.15, -0.1) is 0 Å². The van der Waals surface area contributed by atoms with Crippen molar-refractivity contribution in [2.24, 2.45) is 5.92 Å². The van der Waals surface area contributed by atoms with E-state index in [0.717, 1.165) is 24.2 Å². The van der Waals surface area contributed by atoms with Crippen molar-refractivity contribution in [2.75, 3.05) is 0 Å². The SMILES string of the molecule is Cc1ccc2oc(C3CCC(O)C3C)cc2c1. The summed E-state index contributed by atoms with van der Waals surface area (Å²) >= 11 is 0. The molecule has 0 aliphatic heterocycles. The van der Waals surface area contributed by atoms with Crippen LogP contribution in [0.25, 0.3) is 11.0 Å². The van der Waals surface area contributed by atoms with Gasteiger partial charge in [0.25, 0.3) is 0 Å². The van der Waals surface area contributed by atoms with Gasteiger partial charge in [0.15, 0.2) is 0 Å². The third kappa shape index (κ3) is 1.77. The van der Waals surface area contributed by atoms with Crippen LogP contribution in [-0.2, 0) is 0 Å². The first-order chi connectivity index (χ1) is 8.15. The van der Waals surface area contributed by atoms with E-state index in [-0.39, 0.29) is 6.10 Å². The zero-order chi connectivity index (χ0) is 12.0. The molecule has 2 heteroatoms. The predicted molar refractivity (Wildman–Crippen MR) is 68.1 cm³/mol. The molecule has 0 saturated heterocycles. The van der Waals surface area contributed by atoms with E-state index >= 15 is 0 Å². The van der Waals surface area contributed by atoms with E-state index in [9.17, 15) is 5.11 Å². The Labute approximate surface area is 101 Å². The maximum Gasteiger partial charge on any atom is 0.134 e. The summed E-state index contributed by atoms with van der Waals surface area (Å²) < 4.78 is 5.91. The lowest BCUT2D eigenvalue weighted by atomic mass is 9.94. The van der Waals surface area contributed by atoms with E-state index in [1.165, 1.54) is 10.9 Å². The number of aliphatic hydroxyl groups is 1. The van der Waals surface area contributed by atoms with Crippen molar-refractivity contribution in [3.63, 3.8) is 0 Å². The predicted octanol–water partition coefficient (Wildman–Crippen LogP) is 3.62. The van der Waals surface area contributed by atoms with Gasteiger partial charge in [-0.25, -0.2) is 0 Å². The molecule has 1 aromatic heterocycles. The molecule has 3 unspecified atom stereocenters. The minimum atomic E-state index is -0.171. The van der Waals surface area contributed by atoms with Gasteiger partial charge in [-0.2, -0.15) is 0 Å². The molecule has 0 radical (unpaired) electrons. The van der Waals surface area contributed by atoms with Crippen LogP contribution in [0.3, 0.4) is 0 Å². The molecule has 1 aliphatic rings. The zero-order valence-corrected chi connectivity index (χ0v) is 10.3. The minimum Gasteiger partial charge on any atom is -0.461 e. The van der Waals surface area contributed by atoms with Gasteiger partial charge in [0.05, 0.1) is 6.10 Å². The van der Waals surface area contributed by atoms with Crippen LogP contribution in [0, 0.1) is 12.8 Å². The summed E-state index contributed by atoms with van der Waals surface area (Å²) in [6.45, 7) is 4.20. The lowest BCUT2D eigenvalue weighted by molar-refractivity contribution is 0.134. The molecule has 0 amide bonds. The molecule has 0 bridgehead atoms. The molecule has 17 heavy (non-hydrogen) atoms. The summed E-state index contributed by atoms with van der Waals surface area (Å²) in [4.78, 5) is 0. The summed E-state index contributed by atoms with van der Waals surface area (Å²) in [5.74, 6) is 1.71. The van der Waals surface area contributed by atoms with Crippen molar-refractivity contribution >= 4 is 11.0 Å². The molecule has 1 heterocycles. The van der Waals surface area contributed by atoms with Gasteiger partial charge in [0.2, 0.25) is 0 Å². The van der Waals surface area contributed by atoms with Crippen molar-refractivity contribution in [3.8, 4) is 0 Å². The molecular formula is C15H18O2. The maximum absolute atomic E-state index is 9.81. The number of benzene rings is 1. The Balaban J connectivity index is 2.01. The highest BCUT2D eigenvalue weighted by Crippen LogP contribution is 2.41.